The molecule has 0 radical (unpaired) electrons. The van der Waals surface area contributed by atoms with Gasteiger partial charge in [-0.25, -0.2) is 0 Å². The highest BCUT2D eigenvalue weighted by Gasteiger charge is 2.37. The molecule has 13 heavy (non-hydrogen) atoms. The molecule has 1 saturated heterocycles. The van der Waals surface area contributed by atoms with Gasteiger partial charge in [-0.15, -0.1) is 0 Å². The summed E-state index contributed by atoms with van der Waals surface area (Å²) >= 11 is 0. The van der Waals surface area contributed by atoms with Crippen LogP contribution in [0.4, 0.5) is 0 Å². The third-order valence-electron chi connectivity index (χ3n) is 1.62. The van der Waals surface area contributed by atoms with Gasteiger partial charge in [-0.3, -0.25) is 19.7 Å². The number of ether oxygens (including phenoxy) is 1. The van der Waals surface area contributed by atoms with Crippen molar-refractivity contribution >= 4 is 17.8 Å². The van der Waals surface area contributed by atoms with E-state index in [1.54, 1.807) is 0 Å². The highest BCUT2D eigenvalue weighted by molar-refractivity contribution is 6.12. The number of rotatable bonds is 3. The van der Waals surface area contributed by atoms with E-state index >= 15 is 0 Å². The van der Waals surface area contributed by atoms with Crippen LogP contribution in [0.5, 0.6) is 0 Å². The smallest absolute Gasteiger partial charge is 0.319 e. The molecule has 1 aliphatic heterocycles. The van der Waals surface area contributed by atoms with Gasteiger partial charge < -0.3 is 10.5 Å². The Balaban J connectivity index is 2.47. The molecule has 0 bridgehead atoms. The molecule has 0 aromatic rings. The van der Waals surface area contributed by atoms with Crippen molar-refractivity contribution < 1.29 is 19.1 Å². The van der Waals surface area contributed by atoms with E-state index in [1.165, 1.54) is 0 Å². The molecule has 1 rings (SSSR count). The maximum atomic E-state index is 11.1. The second-order valence-corrected chi connectivity index (χ2v) is 2.63. The zero-order valence-corrected chi connectivity index (χ0v) is 6.91. The fourth-order valence-electron chi connectivity index (χ4n) is 1.00. The molecule has 0 aromatic heterocycles. The predicted octanol–water partition coefficient (Wildman–Crippen LogP) is -1.85. The Bertz CT molecular complexity index is 251. The second kappa shape index (κ2) is 3.99. The summed E-state index contributed by atoms with van der Waals surface area (Å²) in [6.45, 7) is 0.269. The van der Waals surface area contributed by atoms with E-state index in [2.05, 4.69) is 4.74 Å². The number of amides is 2. The molecule has 1 heterocycles. The Labute approximate surface area is 74.4 Å². The van der Waals surface area contributed by atoms with E-state index in [-0.39, 0.29) is 19.6 Å². The maximum Gasteiger partial charge on any atom is 0.319 e. The zero-order chi connectivity index (χ0) is 9.84. The Hall–Kier alpha value is -1.43. The first kappa shape index (κ1) is 9.66. The summed E-state index contributed by atoms with van der Waals surface area (Å²) in [6.07, 6.45) is -0.123. The summed E-state index contributed by atoms with van der Waals surface area (Å²) in [7, 11) is 0. The van der Waals surface area contributed by atoms with Crippen LogP contribution in [-0.2, 0) is 19.1 Å². The molecule has 3 N–H and O–H groups in total. The van der Waals surface area contributed by atoms with Crippen LogP contribution < -0.4 is 11.1 Å². The average Bonchev–Trinajstić information content (AvgIpc) is 2.41. The summed E-state index contributed by atoms with van der Waals surface area (Å²) in [6, 6.07) is 0. The minimum Gasteiger partial charge on any atom is -0.464 e. The first-order valence-corrected chi connectivity index (χ1v) is 3.85. The SMILES string of the molecule is NCCOC(=O)C1CC(=O)NC1=O. The van der Waals surface area contributed by atoms with Gasteiger partial charge in [0.15, 0.2) is 0 Å². The summed E-state index contributed by atoms with van der Waals surface area (Å²) in [5.41, 5.74) is 5.09. The van der Waals surface area contributed by atoms with Gasteiger partial charge in [-0.2, -0.15) is 0 Å². The number of imide groups is 1. The Morgan fingerprint density at radius 2 is 2.31 bits per heavy atom. The lowest BCUT2D eigenvalue weighted by Gasteiger charge is -2.05. The summed E-state index contributed by atoms with van der Waals surface area (Å²) in [4.78, 5) is 32.7. The summed E-state index contributed by atoms with van der Waals surface area (Å²) in [5, 5.41) is 2.01. The highest BCUT2D eigenvalue weighted by atomic mass is 16.5. The van der Waals surface area contributed by atoms with Crippen molar-refractivity contribution in [3.8, 4) is 0 Å². The molecule has 6 nitrogen and oxygen atoms in total. The molecular weight excluding hydrogens is 176 g/mol. The van der Waals surface area contributed by atoms with E-state index in [0.29, 0.717) is 0 Å². The molecule has 1 aliphatic rings. The molecule has 72 valence electrons. The highest BCUT2D eigenvalue weighted by Crippen LogP contribution is 2.11. The Morgan fingerprint density at radius 1 is 1.62 bits per heavy atom. The fourth-order valence-corrected chi connectivity index (χ4v) is 1.00. The number of nitrogens with one attached hydrogen (secondary N) is 1. The number of nitrogens with two attached hydrogens (primary N) is 1. The minimum absolute atomic E-state index is 0.0663. The Morgan fingerprint density at radius 3 is 2.77 bits per heavy atom. The van der Waals surface area contributed by atoms with Gasteiger partial charge in [0.05, 0.1) is 0 Å². The molecule has 0 aromatic carbocycles. The van der Waals surface area contributed by atoms with Crippen LogP contribution in [-0.4, -0.2) is 30.9 Å². The number of carbonyl (C=O) groups excluding carboxylic acids is 3. The molecule has 0 saturated carbocycles. The average molecular weight is 186 g/mol. The van der Waals surface area contributed by atoms with Crippen molar-refractivity contribution in [1.29, 1.82) is 0 Å². The number of hydrogen-bond acceptors (Lipinski definition) is 5. The topological polar surface area (TPSA) is 98.5 Å². The van der Waals surface area contributed by atoms with E-state index in [9.17, 15) is 14.4 Å². The van der Waals surface area contributed by atoms with Crippen LogP contribution in [0, 0.1) is 5.92 Å². The largest absolute Gasteiger partial charge is 0.464 e. The third kappa shape index (κ3) is 2.25. The van der Waals surface area contributed by atoms with Gasteiger partial charge >= 0.3 is 5.97 Å². The molecule has 0 spiro atoms. The molecule has 1 fully saturated rings. The van der Waals surface area contributed by atoms with Crippen LogP contribution in [0.1, 0.15) is 6.42 Å². The first-order valence-electron chi connectivity index (χ1n) is 3.85. The van der Waals surface area contributed by atoms with E-state index < -0.39 is 23.7 Å². The van der Waals surface area contributed by atoms with Gasteiger partial charge in [-0.05, 0) is 0 Å². The minimum atomic E-state index is -0.987. The summed E-state index contributed by atoms with van der Waals surface area (Å²) in [5.74, 6) is -2.71. The number of hydrogen-bond donors (Lipinski definition) is 2. The Kier molecular flexibility index (Phi) is 2.97. The summed E-state index contributed by atoms with van der Waals surface area (Å²) < 4.78 is 4.62. The third-order valence-corrected chi connectivity index (χ3v) is 1.62. The van der Waals surface area contributed by atoms with Gasteiger partial charge in [-0.1, -0.05) is 0 Å². The number of esters is 1. The monoisotopic (exact) mass is 186 g/mol. The quantitative estimate of drug-likeness (QED) is 0.306. The van der Waals surface area contributed by atoms with Crippen LogP contribution >= 0.6 is 0 Å². The van der Waals surface area contributed by atoms with Crippen molar-refractivity contribution in [2.75, 3.05) is 13.2 Å². The normalized spacial score (nSPS) is 21.5. The molecule has 0 aliphatic carbocycles. The van der Waals surface area contributed by atoms with Crippen molar-refractivity contribution in [2.24, 2.45) is 11.7 Å². The van der Waals surface area contributed by atoms with Gasteiger partial charge in [0.2, 0.25) is 11.8 Å². The molecule has 1 atom stereocenters. The van der Waals surface area contributed by atoms with E-state index in [1.807, 2.05) is 5.32 Å². The maximum absolute atomic E-state index is 11.1. The molecular formula is C7H10N2O4. The second-order valence-electron chi connectivity index (χ2n) is 2.63. The fraction of sp³-hybridized carbons (Fsp3) is 0.571. The molecule has 6 heteroatoms. The van der Waals surface area contributed by atoms with Crippen LogP contribution in [0.15, 0.2) is 0 Å². The van der Waals surface area contributed by atoms with Crippen LogP contribution in [0.25, 0.3) is 0 Å². The lowest BCUT2D eigenvalue weighted by atomic mass is 10.1. The van der Waals surface area contributed by atoms with Crippen LogP contribution in [0.2, 0.25) is 0 Å². The van der Waals surface area contributed by atoms with E-state index in [0.717, 1.165) is 0 Å². The van der Waals surface area contributed by atoms with Gasteiger partial charge in [0, 0.05) is 13.0 Å². The van der Waals surface area contributed by atoms with Crippen molar-refractivity contribution in [3.63, 3.8) is 0 Å². The molecule has 2 amide bonds. The lowest BCUT2D eigenvalue weighted by Crippen LogP contribution is -2.28. The van der Waals surface area contributed by atoms with Gasteiger partial charge in [0.1, 0.15) is 12.5 Å². The standard InChI is InChI=1S/C7H10N2O4/c8-1-2-13-7(12)4-3-5(10)9-6(4)11/h4H,1-3,8H2,(H,9,10,11). The van der Waals surface area contributed by atoms with Crippen molar-refractivity contribution in [2.45, 2.75) is 6.42 Å². The van der Waals surface area contributed by atoms with E-state index in [4.69, 9.17) is 5.73 Å². The van der Waals surface area contributed by atoms with Crippen LogP contribution in [0.3, 0.4) is 0 Å². The molecule has 1 unspecified atom stereocenters. The lowest BCUT2D eigenvalue weighted by molar-refractivity contribution is -0.151. The van der Waals surface area contributed by atoms with Gasteiger partial charge in [0.25, 0.3) is 0 Å². The first-order chi connectivity index (χ1) is 6.15. The number of carbonyl (C=O) groups is 3. The van der Waals surface area contributed by atoms with Crippen molar-refractivity contribution in [3.05, 3.63) is 0 Å². The van der Waals surface area contributed by atoms with Crippen molar-refractivity contribution in [1.82, 2.24) is 5.32 Å². The predicted molar refractivity (Wildman–Crippen MR) is 41.3 cm³/mol. The zero-order valence-electron chi connectivity index (χ0n) is 6.91.